The predicted octanol–water partition coefficient (Wildman–Crippen LogP) is 2.38. The summed E-state index contributed by atoms with van der Waals surface area (Å²) in [6, 6.07) is -0.431. The highest BCUT2D eigenvalue weighted by Crippen LogP contribution is 2.31. The molecule has 122 valence electrons. The number of pyridine rings is 1. The van der Waals surface area contributed by atoms with Crippen LogP contribution >= 0.6 is 11.6 Å². The number of carbonyl (C=O) groups is 2. The number of hydrogen-bond acceptors (Lipinski definition) is 3. The molecular formula is C13H15ClF3N3O2. The number of carbonyl (C=O) groups excluding carboxylic acids is 2. The Balaban J connectivity index is 3.06. The summed E-state index contributed by atoms with van der Waals surface area (Å²) in [5, 5.41) is 1.86. The lowest BCUT2D eigenvalue weighted by atomic mass is 9.86. The molecule has 0 aliphatic rings. The molecule has 0 spiro atoms. The highest BCUT2D eigenvalue weighted by atomic mass is 35.5. The van der Waals surface area contributed by atoms with Gasteiger partial charge in [0.25, 0.3) is 5.91 Å². The van der Waals surface area contributed by atoms with Crippen LogP contribution in [0.3, 0.4) is 0 Å². The first kappa shape index (κ1) is 18.2. The zero-order chi connectivity index (χ0) is 17.3. The Labute approximate surface area is 130 Å². The van der Waals surface area contributed by atoms with E-state index in [-0.39, 0.29) is 0 Å². The van der Waals surface area contributed by atoms with Gasteiger partial charge in [-0.1, -0.05) is 32.4 Å². The fraction of sp³-hybridized carbons (Fsp3) is 0.462. The molecule has 5 nitrogen and oxygen atoms in total. The number of nitrogens with one attached hydrogen (secondary N) is 1. The molecule has 0 fully saturated rings. The van der Waals surface area contributed by atoms with Crippen LogP contribution in [0.25, 0.3) is 0 Å². The van der Waals surface area contributed by atoms with Crippen LogP contribution in [0, 0.1) is 5.41 Å². The topological polar surface area (TPSA) is 85.1 Å². The van der Waals surface area contributed by atoms with E-state index in [1.165, 1.54) is 0 Å². The highest BCUT2D eigenvalue weighted by Gasteiger charge is 2.34. The normalized spacial score (nSPS) is 13.6. The molecule has 0 bridgehead atoms. The van der Waals surface area contributed by atoms with Gasteiger partial charge < -0.3 is 11.1 Å². The molecule has 2 amide bonds. The monoisotopic (exact) mass is 337 g/mol. The first-order valence-electron chi connectivity index (χ1n) is 6.17. The lowest BCUT2D eigenvalue weighted by Gasteiger charge is -2.28. The van der Waals surface area contributed by atoms with Crippen molar-refractivity contribution in [1.82, 2.24) is 10.3 Å². The smallest absolute Gasteiger partial charge is 0.368 e. The second kappa shape index (κ2) is 6.12. The van der Waals surface area contributed by atoms with Crippen molar-refractivity contribution < 1.29 is 22.8 Å². The SMILES string of the molecule is CC(C)(C)[C@H](NC(=O)c1ncc(C(F)(F)F)cc1Cl)C(N)=O. The van der Waals surface area contributed by atoms with Crippen LogP contribution in [-0.2, 0) is 11.0 Å². The Morgan fingerprint density at radius 1 is 1.32 bits per heavy atom. The molecular weight excluding hydrogens is 323 g/mol. The average molecular weight is 338 g/mol. The molecule has 0 saturated carbocycles. The minimum Gasteiger partial charge on any atom is -0.368 e. The molecule has 1 atom stereocenters. The maximum atomic E-state index is 12.5. The fourth-order valence-corrected chi connectivity index (χ4v) is 1.93. The maximum Gasteiger partial charge on any atom is 0.417 e. The van der Waals surface area contributed by atoms with E-state index in [0.717, 1.165) is 0 Å². The van der Waals surface area contributed by atoms with Crippen LogP contribution in [0.15, 0.2) is 12.3 Å². The van der Waals surface area contributed by atoms with Crippen molar-refractivity contribution in [1.29, 1.82) is 0 Å². The predicted molar refractivity (Wildman–Crippen MR) is 74.2 cm³/mol. The summed E-state index contributed by atoms with van der Waals surface area (Å²) in [5.74, 6) is -1.65. The first-order chi connectivity index (χ1) is 9.84. The number of aromatic nitrogens is 1. The number of rotatable bonds is 3. The molecule has 22 heavy (non-hydrogen) atoms. The van der Waals surface area contributed by atoms with Crippen LogP contribution in [0.5, 0.6) is 0 Å². The van der Waals surface area contributed by atoms with Crippen molar-refractivity contribution in [2.75, 3.05) is 0 Å². The summed E-state index contributed by atoms with van der Waals surface area (Å²) >= 11 is 5.67. The van der Waals surface area contributed by atoms with E-state index >= 15 is 0 Å². The van der Waals surface area contributed by atoms with Crippen molar-refractivity contribution >= 4 is 23.4 Å². The summed E-state index contributed by atoms with van der Waals surface area (Å²) in [7, 11) is 0. The molecule has 3 N–H and O–H groups in total. The van der Waals surface area contributed by atoms with E-state index in [1.807, 2.05) is 0 Å². The van der Waals surface area contributed by atoms with Gasteiger partial charge in [0, 0.05) is 6.20 Å². The zero-order valence-corrected chi connectivity index (χ0v) is 12.8. The molecule has 0 saturated heterocycles. The van der Waals surface area contributed by atoms with Crippen molar-refractivity contribution in [3.8, 4) is 0 Å². The van der Waals surface area contributed by atoms with Crippen LogP contribution in [0.2, 0.25) is 5.02 Å². The molecule has 0 aromatic carbocycles. The molecule has 1 heterocycles. The Morgan fingerprint density at radius 3 is 2.23 bits per heavy atom. The van der Waals surface area contributed by atoms with Crippen LogP contribution in [-0.4, -0.2) is 22.8 Å². The number of nitrogens with zero attached hydrogens (tertiary/aromatic N) is 1. The maximum absolute atomic E-state index is 12.5. The molecule has 1 aromatic heterocycles. The Hall–Kier alpha value is -1.83. The van der Waals surface area contributed by atoms with E-state index in [1.54, 1.807) is 20.8 Å². The molecule has 0 radical (unpaired) electrons. The largest absolute Gasteiger partial charge is 0.417 e. The number of hydrogen-bond donors (Lipinski definition) is 2. The van der Waals surface area contributed by atoms with Crippen LogP contribution in [0.4, 0.5) is 13.2 Å². The van der Waals surface area contributed by atoms with Gasteiger partial charge in [0.2, 0.25) is 5.91 Å². The van der Waals surface area contributed by atoms with E-state index in [4.69, 9.17) is 17.3 Å². The van der Waals surface area contributed by atoms with Gasteiger partial charge in [-0.05, 0) is 11.5 Å². The lowest BCUT2D eigenvalue weighted by molar-refractivity contribution is -0.137. The van der Waals surface area contributed by atoms with Gasteiger partial charge in [0.15, 0.2) is 0 Å². The van der Waals surface area contributed by atoms with Gasteiger partial charge in [-0.3, -0.25) is 9.59 Å². The summed E-state index contributed by atoms with van der Waals surface area (Å²) in [5.41, 5.74) is 3.05. The van der Waals surface area contributed by atoms with Crippen molar-refractivity contribution in [3.05, 3.63) is 28.5 Å². The summed E-state index contributed by atoms with van der Waals surface area (Å²) in [6.07, 6.45) is -4.12. The minimum atomic E-state index is -4.62. The van der Waals surface area contributed by atoms with Gasteiger partial charge in [-0.15, -0.1) is 0 Å². The first-order valence-corrected chi connectivity index (χ1v) is 6.54. The molecule has 1 aromatic rings. The summed E-state index contributed by atoms with van der Waals surface area (Å²) < 4.78 is 37.5. The van der Waals surface area contributed by atoms with Gasteiger partial charge in [0.05, 0.1) is 10.6 Å². The molecule has 0 aliphatic heterocycles. The van der Waals surface area contributed by atoms with Gasteiger partial charge in [-0.2, -0.15) is 13.2 Å². The third kappa shape index (κ3) is 4.33. The highest BCUT2D eigenvalue weighted by molar-refractivity contribution is 6.33. The van der Waals surface area contributed by atoms with Crippen molar-refractivity contribution in [3.63, 3.8) is 0 Å². The molecule has 0 aliphatic carbocycles. The fourth-order valence-electron chi connectivity index (χ4n) is 1.67. The summed E-state index contributed by atoms with van der Waals surface area (Å²) in [6.45, 7) is 5.01. The molecule has 9 heteroatoms. The van der Waals surface area contributed by atoms with E-state index in [0.29, 0.717) is 12.3 Å². The quantitative estimate of drug-likeness (QED) is 0.888. The second-order valence-corrected chi connectivity index (χ2v) is 6.13. The standard InChI is InChI=1S/C13H15ClF3N3O2/c1-12(2,3)9(10(18)21)20-11(22)8-7(14)4-6(5-19-8)13(15,16)17/h4-5,9H,1-3H3,(H2,18,21)(H,20,22)/t9-/m1/s1. The van der Waals surface area contributed by atoms with E-state index < -0.39 is 45.7 Å². The van der Waals surface area contributed by atoms with Gasteiger partial charge >= 0.3 is 6.18 Å². The second-order valence-electron chi connectivity index (χ2n) is 5.73. The lowest BCUT2D eigenvalue weighted by Crippen LogP contribution is -2.52. The third-order valence-corrected chi connectivity index (χ3v) is 3.10. The van der Waals surface area contributed by atoms with Crippen molar-refractivity contribution in [2.45, 2.75) is 33.0 Å². The van der Waals surface area contributed by atoms with Gasteiger partial charge in [0.1, 0.15) is 11.7 Å². The number of nitrogens with two attached hydrogens (primary N) is 1. The van der Waals surface area contributed by atoms with Crippen LogP contribution < -0.4 is 11.1 Å². The summed E-state index contributed by atoms with van der Waals surface area (Å²) in [4.78, 5) is 26.9. The number of alkyl halides is 3. The van der Waals surface area contributed by atoms with E-state index in [9.17, 15) is 22.8 Å². The molecule has 0 unspecified atom stereocenters. The Bertz CT molecular complexity index is 597. The van der Waals surface area contributed by atoms with Gasteiger partial charge in [-0.25, -0.2) is 4.98 Å². The molecule has 1 rings (SSSR count). The zero-order valence-electron chi connectivity index (χ0n) is 12.1. The number of primary amides is 1. The third-order valence-electron chi connectivity index (χ3n) is 2.81. The van der Waals surface area contributed by atoms with Crippen LogP contribution in [0.1, 0.15) is 36.8 Å². The Morgan fingerprint density at radius 2 is 1.86 bits per heavy atom. The average Bonchev–Trinajstić information content (AvgIpc) is 2.32. The number of halogens is 4. The minimum absolute atomic E-state index is 0.412. The Kier molecular flexibility index (Phi) is 5.06. The van der Waals surface area contributed by atoms with E-state index in [2.05, 4.69) is 10.3 Å². The van der Waals surface area contributed by atoms with Crippen molar-refractivity contribution in [2.24, 2.45) is 11.1 Å². The number of amides is 2.